The van der Waals surface area contributed by atoms with Crippen molar-refractivity contribution in [2.75, 3.05) is 25.1 Å². The summed E-state index contributed by atoms with van der Waals surface area (Å²) in [6.45, 7) is 7.74. The van der Waals surface area contributed by atoms with Gasteiger partial charge < -0.3 is 19.5 Å². The second-order valence-corrected chi connectivity index (χ2v) is 6.57. The molecule has 0 fully saturated rings. The average Bonchev–Trinajstić information content (AvgIpc) is 2.66. The van der Waals surface area contributed by atoms with Gasteiger partial charge in [0.2, 0.25) is 0 Å². The molecule has 0 saturated carbocycles. The fraction of sp³-hybridized carbons (Fsp3) is 0.364. The Kier molecular flexibility index (Phi) is 7.87. The third kappa shape index (κ3) is 6.30. The van der Waals surface area contributed by atoms with Gasteiger partial charge in [-0.05, 0) is 50.5 Å². The van der Waals surface area contributed by atoms with Crippen molar-refractivity contribution in [3.05, 3.63) is 53.1 Å². The van der Waals surface area contributed by atoms with E-state index >= 15 is 0 Å². The number of aryl methyl sites for hydroxylation is 3. The lowest BCUT2D eigenvalue weighted by molar-refractivity contribution is -0.149. The van der Waals surface area contributed by atoms with Gasteiger partial charge in [0, 0.05) is 5.69 Å². The highest BCUT2D eigenvalue weighted by Gasteiger charge is 2.13. The number of hydrogen-bond acceptors (Lipinski definition) is 5. The molecule has 1 N–H and O–H groups in total. The molecule has 0 heterocycles. The maximum absolute atomic E-state index is 12.1. The maximum Gasteiger partial charge on any atom is 0.344 e. The number of para-hydroxylation sites is 2. The van der Waals surface area contributed by atoms with Crippen LogP contribution in [0.5, 0.6) is 11.5 Å². The van der Waals surface area contributed by atoms with Crippen LogP contribution in [-0.4, -0.2) is 31.7 Å². The van der Waals surface area contributed by atoms with Gasteiger partial charge in [0.05, 0.1) is 6.61 Å². The van der Waals surface area contributed by atoms with Gasteiger partial charge in [-0.2, -0.15) is 0 Å². The van der Waals surface area contributed by atoms with E-state index < -0.39 is 11.9 Å². The molecule has 6 heteroatoms. The number of rotatable bonds is 9. The zero-order valence-electron chi connectivity index (χ0n) is 16.8. The topological polar surface area (TPSA) is 73.9 Å². The smallest absolute Gasteiger partial charge is 0.344 e. The average molecular weight is 385 g/mol. The van der Waals surface area contributed by atoms with Crippen molar-refractivity contribution >= 4 is 17.6 Å². The van der Waals surface area contributed by atoms with Crippen LogP contribution in [0.2, 0.25) is 0 Å². The molecule has 0 saturated heterocycles. The van der Waals surface area contributed by atoms with Gasteiger partial charge >= 0.3 is 5.97 Å². The third-order valence-electron chi connectivity index (χ3n) is 3.96. The van der Waals surface area contributed by atoms with E-state index in [-0.39, 0.29) is 13.2 Å². The summed E-state index contributed by atoms with van der Waals surface area (Å²) in [5, 5.41) is 2.79. The van der Waals surface area contributed by atoms with Gasteiger partial charge in [-0.25, -0.2) is 4.79 Å². The first-order valence-corrected chi connectivity index (χ1v) is 9.28. The summed E-state index contributed by atoms with van der Waals surface area (Å²) in [6.07, 6.45) is 0.866. The van der Waals surface area contributed by atoms with Crippen LogP contribution in [0, 0.1) is 20.8 Å². The molecule has 0 spiro atoms. The number of benzene rings is 2. The van der Waals surface area contributed by atoms with E-state index in [1.165, 1.54) is 0 Å². The molecule has 2 aromatic carbocycles. The molecule has 1 amide bonds. The Hall–Kier alpha value is -3.02. The first kappa shape index (κ1) is 21.3. The summed E-state index contributed by atoms with van der Waals surface area (Å²) in [5.74, 6) is 0.0105. The van der Waals surface area contributed by atoms with Crippen LogP contribution < -0.4 is 14.8 Å². The molecule has 28 heavy (non-hydrogen) atoms. The summed E-state index contributed by atoms with van der Waals surface area (Å²) in [4.78, 5) is 24.0. The summed E-state index contributed by atoms with van der Waals surface area (Å²) in [7, 11) is 0. The molecular formula is C22H27NO5. The molecule has 150 valence electrons. The summed E-state index contributed by atoms with van der Waals surface area (Å²) in [5.41, 5.74) is 3.79. The van der Waals surface area contributed by atoms with Crippen LogP contribution >= 0.6 is 0 Å². The van der Waals surface area contributed by atoms with Gasteiger partial charge in [0.25, 0.3) is 5.91 Å². The van der Waals surface area contributed by atoms with Crippen LogP contribution in [0.15, 0.2) is 36.4 Å². The van der Waals surface area contributed by atoms with Gasteiger partial charge in [-0.3, -0.25) is 4.79 Å². The van der Waals surface area contributed by atoms with Crippen molar-refractivity contribution < 1.29 is 23.8 Å². The molecule has 0 unspecified atom stereocenters. The number of carbonyl (C=O) groups is 2. The lowest BCUT2D eigenvalue weighted by Gasteiger charge is -2.13. The van der Waals surface area contributed by atoms with E-state index in [1.807, 2.05) is 45.9 Å². The lowest BCUT2D eigenvalue weighted by Crippen LogP contribution is -2.24. The van der Waals surface area contributed by atoms with Crippen molar-refractivity contribution in [3.8, 4) is 11.5 Å². The number of hydrogen-bond donors (Lipinski definition) is 1. The fourth-order valence-electron chi connectivity index (χ4n) is 2.78. The van der Waals surface area contributed by atoms with Crippen LogP contribution in [0.1, 0.15) is 30.0 Å². The lowest BCUT2D eigenvalue weighted by atomic mass is 10.1. The minimum atomic E-state index is -0.627. The molecule has 0 radical (unpaired) electrons. The number of anilines is 1. The molecule has 0 bridgehead atoms. The zero-order valence-corrected chi connectivity index (χ0v) is 16.8. The molecule has 0 aliphatic heterocycles. The zero-order chi connectivity index (χ0) is 20.5. The Morgan fingerprint density at radius 3 is 2.14 bits per heavy atom. The number of nitrogens with one attached hydrogen (secondary N) is 1. The highest BCUT2D eigenvalue weighted by atomic mass is 16.6. The van der Waals surface area contributed by atoms with Crippen molar-refractivity contribution in [1.29, 1.82) is 0 Å². The van der Waals surface area contributed by atoms with E-state index in [2.05, 4.69) is 5.32 Å². The van der Waals surface area contributed by atoms with Gasteiger partial charge in [-0.1, -0.05) is 36.8 Å². The number of carbonyl (C=O) groups excluding carboxylic acids is 2. The van der Waals surface area contributed by atoms with E-state index in [0.717, 1.165) is 28.8 Å². The van der Waals surface area contributed by atoms with E-state index in [9.17, 15) is 9.59 Å². The Morgan fingerprint density at radius 1 is 0.929 bits per heavy atom. The second-order valence-electron chi connectivity index (χ2n) is 6.57. The van der Waals surface area contributed by atoms with Crippen molar-refractivity contribution in [2.24, 2.45) is 0 Å². The predicted octanol–water partition coefficient (Wildman–Crippen LogP) is 3.96. The molecule has 6 nitrogen and oxygen atoms in total. The van der Waals surface area contributed by atoms with Crippen LogP contribution in [0.3, 0.4) is 0 Å². The fourth-order valence-corrected chi connectivity index (χ4v) is 2.78. The first-order valence-electron chi connectivity index (χ1n) is 9.28. The summed E-state index contributed by atoms with van der Waals surface area (Å²) >= 11 is 0. The van der Waals surface area contributed by atoms with Crippen LogP contribution in [0.4, 0.5) is 5.69 Å². The third-order valence-corrected chi connectivity index (χ3v) is 3.96. The minimum Gasteiger partial charge on any atom is -0.490 e. The summed E-state index contributed by atoms with van der Waals surface area (Å²) < 4.78 is 16.0. The van der Waals surface area contributed by atoms with Crippen molar-refractivity contribution in [1.82, 2.24) is 0 Å². The molecular weight excluding hydrogens is 358 g/mol. The van der Waals surface area contributed by atoms with Crippen LogP contribution in [0.25, 0.3) is 0 Å². The Balaban J connectivity index is 1.82. The van der Waals surface area contributed by atoms with E-state index in [1.54, 1.807) is 18.2 Å². The summed E-state index contributed by atoms with van der Waals surface area (Å²) in [6, 6.07) is 11.1. The predicted molar refractivity (Wildman–Crippen MR) is 108 cm³/mol. The second kappa shape index (κ2) is 10.3. The molecule has 0 atom stereocenters. The molecule has 0 aromatic heterocycles. The molecule has 2 rings (SSSR count). The quantitative estimate of drug-likeness (QED) is 0.662. The monoisotopic (exact) mass is 385 g/mol. The van der Waals surface area contributed by atoms with Gasteiger partial charge in [-0.15, -0.1) is 0 Å². The van der Waals surface area contributed by atoms with E-state index in [0.29, 0.717) is 18.1 Å². The Bertz CT molecular complexity index is 808. The highest BCUT2D eigenvalue weighted by Crippen LogP contribution is 2.26. The SMILES string of the molecule is CCCOc1ccccc1OCC(=O)OCC(=O)Nc1c(C)cc(C)cc1C. The van der Waals surface area contributed by atoms with E-state index in [4.69, 9.17) is 14.2 Å². The molecule has 2 aromatic rings. The standard InChI is InChI=1S/C22H27NO5/c1-5-10-26-18-8-6-7-9-19(18)27-14-21(25)28-13-20(24)23-22-16(3)11-15(2)12-17(22)4/h6-9,11-12H,5,10,13-14H2,1-4H3,(H,23,24). The molecule has 0 aliphatic rings. The Morgan fingerprint density at radius 2 is 1.54 bits per heavy atom. The highest BCUT2D eigenvalue weighted by molar-refractivity contribution is 5.94. The largest absolute Gasteiger partial charge is 0.490 e. The Labute approximate surface area is 165 Å². The maximum atomic E-state index is 12.1. The normalized spacial score (nSPS) is 10.3. The van der Waals surface area contributed by atoms with Crippen molar-refractivity contribution in [2.45, 2.75) is 34.1 Å². The van der Waals surface area contributed by atoms with Crippen LogP contribution in [-0.2, 0) is 14.3 Å². The van der Waals surface area contributed by atoms with Gasteiger partial charge in [0.15, 0.2) is 24.7 Å². The molecule has 0 aliphatic carbocycles. The van der Waals surface area contributed by atoms with Gasteiger partial charge in [0.1, 0.15) is 0 Å². The first-order chi connectivity index (χ1) is 13.4. The number of esters is 1. The number of amides is 1. The van der Waals surface area contributed by atoms with Crippen molar-refractivity contribution in [3.63, 3.8) is 0 Å². The minimum absolute atomic E-state index is 0.303. The number of ether oxygens (including phenoxy) is 3.